The molecule has 3 aromatic rings. The van der Waals surface area contributed by atoms with Gasteiger partial charge in [-0.25, -0.2) is 4.39 Å². The lowest BCUT2D eigenvalue weighted by Crippen LogP contribution is -2.14. The maximum absolute atomic E-state index is 13.6. The van der Waals surface area contributed by atoms with E-state index in [9.17, 15) is 19.4 Å². The van der Waals surface area contributed by atoms with Gasteiger partial charge in [-0.15, -0.1) is 0 Å². The Balaban J connectivity index is 2.23. The predicted molar refractivity (Wildman–Crippen MR) is 112 cm³/mol. The smallest absolute Gasteiger partial charge is 0.145 e. The largest absolute Gasteiger partial charge is 0.505 e. The lowest BCUT2D eigenvalue weighted by Gasteiger charge is -2.17. The summed E-state index contributed by atoms with van der Waals surface area (Å²) in [4.78, 5) is 10.7. The number of rotatable bonds is 8. The van der Waals surface area contributed by atoms with Crippen LogP contribution in [0.25, 0.3) is 22.4 Å². The predicted octanol–water partition coefficient (Wildman–Crippen LogP) is 5.13. The van der Waals surface area contributed by atoms with Crippen molar-refractivity contribution in [1.29, 1.82) is 0 Å². The molecule has 1 aromatic heterocycles. The zero-order valence-corrected chi connectivity index (χ0v) is 16.7. The molecule has 0 saturated carbocycles. The van der Waals surface area contributed by atoms with Crippen LogP contribution in [-0.2, 0) is 11.3 Å². The van der Waals surface area contributed by atoms with E-state index in [0.717, 1.165) is 22.5 Å². The fourth-order valence-corrected chi connectivity index (χ4v) is 3.73. The highest BCUT2D eigenvalue weighted by atomic mass is 19.1. The Hall–Kier alpha value is -2.92. The van der Waals surface area contributed by atoms with Crippen molar-refractivity contribution in [3.8, 4) is 28.1 Å². The molecule has 0 unspecified atom stereocenters. The first-order valence-corrected chi connectivity index (χ1v) is 9.82. The molecule has 3 rings (SSSR count). The van der Waals surface area contributed by atoms with Crippen molar-refractivity contribution in [2.24, 2.45) is 0 Å². The van der Waals surface area contributed by atoms with E-state index < -0.39 is 6.10 Å². The third kappa shape index (κ3) is 4.40. The third-order valence-corrected chi connectivity index (χ3v) is 5.06. The summed E-state index contributed by atoms with van der Waals surface area (Å²) in [7, 11) is 0. The Kier molecular flexibility index (Phi) is 6.49. The van der Waals surface area contributed by atoms with E-state index in [1.807, 2.05) is 48.7 Å². The number of nitrogens with zero attached hydrogens (tertiary/aromatic N) is 1. The van der Waals surface area contributed by atoms with Gasteiger partial charge in [-0.2, -0.15) is 0 Å². The Morgan fingerprint density at radius 1 is 1.03 bits per heavy atom. The molecule has 4 nitrogen and oxygen atoms in total. The molecule has 0 fully saturated rings. The average molecular weight is 395 g/mol. The topological polar surface area (TPSA) is 62.5 Å². The van der Waals surface area contributed by atoms with Crippen molar-refractivity contribution >= 4 is 6.29 Å². The molecule has 0 spiro atoms. The first-order chi connectivity index (χ1) is 13.9. The van der Waals surface area contributed by atoms with Crippen molar-refractivity contribution in [3.05, 3.63) is 66.1 Å². The zero-order chi connectivity index (χ0) is 21.0. The summed E-state index contributed by atoms with van der Waals surface area (Å²) in [6.45, 7) is 4.42. The number of carbonyl (C=O) groups excluding carboxylic acids is 1. The lowest BCUT2D eigenvalue weighted by atomic mass is 9.99. The summed E-state index contributed by atoms with van der Waals surface area (Å²) in [6.07, 6.45) is 0.395. The van der Waals surface area contributed by atoms with Crippen LogP contribution in [0.4, 0.5) is 4.39 Å². The number of aliphatic hydroxyl groups excluding tert-OH is 1. The molecule has 0 aliphatic rings. The van der Waals surface area contributed by atoms with E-state index in [4.69, 9.17) is 0 Å². The maximum atomic E-state index is 13.6. The van der Waals surface area contributed by atoms with E-state index in [-0.39, 0.29) is 23.9 Å². The van der Waals surface area contributed by atoms with E-state index in [0.29, 0.717) is 24.8 Å². The summed E-state index contributed by atoms with van der Waals surface area (Å²) in [5.41, 5.74) is 3.85. The molecule has 1 heterocycles. The fourth-order valence-electron chi connectivity index (χ4n) is 3.73. The highest BCUT2D eigenvalue weighted by Gasteiger charge is 2.26. The molecule has 0 bridgehead atoms. The van der Waals surface area contributed by atoms with Gasteiger partial charge in [0.25, 0.3) is 0 Å². The molecular formula is C24H26FNO3. The summed E-state index contributed by atoms with van der Waals surface area (Å²) >= 11 is 0. The van der Waals surface area contributed by atoms with Gasteiger partial charge in [-0.3, -0.25) is 0 Å². The number of aromatic hydroxyl groups is 1. The standard InChI is InChI=1S/C24H26FNO3/c1-16(2)22-24(29)21(17-6-4-3-5-7-17)23(18-8-10-19(25)11-9-18)26(22)14-12-20(28)13-15-27/h3-11,15-16,20,28-29H,12-14H2,1-2H3/t20-/m1/s1. The molecule has 1 atom stereocenters. The van der Waals surface area contributed by atoms with Crippen molar-refractivity contribution < 1.29 is 19.4 Å². The van der Waals surface area contributed by atoms with Gasteiger partial charge in [0.2, 0.25) is 0 Å². The Morgan fingerprint density at radius 2 is 1.69 bits per heavy atom. The number of benzene rings is 2. The second kappa shape index (κ2) is 9.05. The second-order valence-corrected chi connectivity index (χ2v) is 7.48. The quantitative estimate of drug-likeness (QED) is 0.520. The molecule has 0 radical (unpaired) electrons. The van der Waals surface area contributed by atoms with Crippen LogP contribution >= 0.6 is 0 Å². The van der Waals surface area contributed by atoms with Crippen LogP contribution in [0.3, 0.4) is 0 Å². The van der Waals surface area contributed by atoms with Gasteiger partial charge < -0.3 is 19.6 Å². The monoisotopic (exact) mass is 395 g/mol. The van der Waals surface area contributed by atoms with Crippen LogP contribution < -0.4 is 0 Å². The van der Waals surface area contributed by atoms with Crippen LogP contribution in [0.5, 0.6) is 5.75 Å². The number of aromatic nitrogens is 1. The molecule has 5 heteroatoms. The second-order valence-electron chi connectivity index (χ2n) is 7.48. The summed E-state index contributed by atoms with van der Waals surface area (Å²) in [5.74, 6) is -0.117. The van der Waals surface area contributed by atoms with Gasteiger partial charge in [0.1, 0.15) is 17.9 Å². The third-order valence-electron chi connectivity index (χ3n) is 5.06. The lowest BCUT2D eigenvalue weighted by molar-refractivity contribution is -0.109. The number of carbonyl (C=O) groups is 1. The minimum Gasteiger partial charge on any atom is -0.505 e. The Bertz CT molecular complexity index is 962. The molecule has 152 valence electrons. The molecular weight excluding hydrogens is 369 g/mol. The van der Waals surface area contributed by atoms with E-state index in [2.05, 4.69) is 0 Å². The highest BCUT2D eigenvalue weighted by molar-refractivity contribution is 5.88. The number of hydrogen-bond donors (Lipinski definition) is 2. The van der Waals surface area contributed by atoms with Crippen molar-refractivity contribution in [2.45, 2.75) is 45.3 Å². The summed E-state index contributed by atoms with van der Waals surface area (Å²) in [5, 5.41) is 21.3. The highest BCUT2D eigenvalue weighted by Crippen LogP contribution is 2.46. The number of hydrogen-bond acceptors (Lipinski definition) is 3. The van der Waals surface area contributed by atoms with Gasteiger partial charge in [0.05, 0.1) is 17.5 Å². The van der Waals surface area contributed by atoms with Crippen LogP contribution in [0.15, 0.2) is 54.6 Å². The zero-order valence-electron chi connectivity index (χ0n) is 16.7. The van der Waals surface area contributed by atoms with Crippen molar-refractivity contribution in [2.75, 3.05) is 0 Å². The molecule has 0 aliphatic heterocycles. The Labute approximate surface area is 170 Å². The first-order valence-electron chi connectivity index (χ1n) is 9.82. The van der Waals surface area contributed by atoms with Crippen LogP contribution in [-0.4, -0.2) is 27.2 Å². The molecule has 0 aliphatic carbocycles. The average Bonchev–Trinajstić information content (AvgIpc) is 3.00. The van der Waals surface area contributed by atoms with Crippen LogP contribution in [0, 0.1) is 5.82 Å². The molecule has 2 N–H and O–H groups in total. The summed E-state index contributed by atoms with van der Waals surface area (Å²) in [6, 6.07) is 15.8. The van der Waals surface area contributed by atoms with Crippen molar-refractivity contribution in [3.63, 3.8) is 0 Å². The maximum Gasteiger partial charge on any atom is 0.145 e. The minimum atomic E-state index is -0.752. The van der Waals surface area contributed by atoms with E-state index in [1.54, 1.807) is 12.1 Å². The van der Waals surface area contributed by atoms with Gasteiger partial charge in [-0.1, -0.05) is 44.2 Å². The van der Waals surface area contributed by atoms with Crippen LogP contribution in [0.1, 0.15) is 38.3 Å². The SMILES string of the molecule is CC(C)c1c(O)c(-c2ccccc2)c(-c2ccc(F)cc2)n1CC[C@@H](O)CC=O. The van der Waals surface area contributed by atoms with Crippen molar-refractivity contribution in [1.82, 2.24) is 4.57 Å². The first kappa shape index (κ1) is 20.8. The van der Waals surface area contributed by atoms with Gasteiger partial charge in [0, 0.05) is 18.5 Å². The van der Waals surface area contributed by atoms with E-state index >= 15 is 0 Å². The van der Waals surface area contributed by atoms with Gasteiger partial charge in [0.15, 0.2) is 0 Å². The minimum absolute atomic E-state index is 0.0230. The number of halogens is 1. The normalized spacial score (nSPS) is 12.3. The number of aldehydes is 1. The molecule has 0 saturated heterocycles. The molecule has 0 amide bonds. The fraction of sp³-hybridized carbons (Fsp3) is 0.292. The Morgan fingerprint density at radius 3 is 2.28 bits per heavy atom. The molecule has 29 heavy (non-hydrogen) atoms. The van der Waals surface area contributed by atoms with Gasteiger partial charge in [-0.05, 0) is 47.7 Å². The van der Waals surface area contributed by atoms with Crippen LogP contribution in [0.2, 0.25) is 0 Å². The van der Waals surface area contributed by atoms with Gasteiger partial charge >= 0.3 is 0 Å². The molecule has 2 aromatic carbocycles. The van der Waals surface area contributed by atoms with E-state index in [1.165, 1.54) is 12.1 Å². The number of aliphatic hydroxyl groups is 1. The summed E-state index contributed by atoms with van der Waals surface area (Å²) < 4.78 is 15.5.